The number of hydrogen-bond acceptors (Lipinski definition) is 5. The molecule has 1 aliphatic rings. The Balaban J connectivity index is 1.80. The fourth-order valence-corrected chi connectivity index (χ4v) is 2.55. The van der Waals surface area contributed by atoms with Gasteiger partial charge in [0, 0.05) is 12.1 Å². The van der Waals surface area contributed by atoms with Crippen molar-refractivity contribution in [2.24, 2.45) is 0 Å². The van der Waals surface area contributed by atoms with Crippen LogP contribution in [-0.2, 0) is 14.3 Å². The smallest absolute Gasteiger partial charge is 0.349 e. The number of nitrogens with zero attached hydrogens (tertiary/aromatic N) is 1. The SMILES string of the molecule is N#C/C(=C\c1ccco1)C(=O)OCC(=O)NC1CCCCCC1. The van der Waals surface area contributed by atoms with E-state index >= 15 is 0 Å². The quantitative estimate of drug-likeness (QED) is 0.390. The molecular formula is C17H20N2O4. The molecule has 0 spiro atoms. The summed E-state index contributed by atoms with van der Waals surface area (Å²) in [6.07, 6.45) is 9.25. The van der Waals surface area contributed by atoms with Crippen molar-refractivity contribution in [3.8, 4) is 6.07 Å². The van der Waals surface area contributed by atoms with Gasteiger partial charge in [-0.1, -0.05) is 25.7 Å². The van der Waals surface area contributed by atoms with Crippen LogP contribution in [0.1, 0.15) is 44.3 Å². The zero-order valence-corrected chi connectivity index (χ0v) is 12.9. The summed E-state index contributed by atoms with van der Waals surface area (Å²) in [4.78, 5) is 23.7. The second kappa shape index (κ2) is 8.79. The Morgan fingerprint density at radius 2 is 2.09 bits per heavy atom. The van der Waals surface area contributed by atoms with Gasteiger partial charge in [0.25, 0.3) is 5.91 Å². The second-order valence-electron chi connectivity index (χ2n) is 5.52. The first-order valence-corrected chi connectivity index (χ1v) is 7.81. The third-order valence-corrected chi connectivity index (χ3v) is 3.72. The Hall–Kier alpha value is -2.55. The van der Waals surface area contributed by atoms with Crippen LogP contribution in [0.3, 0.4) is 0 Å². The number of esters is 1. The Morgan fingerprint density at radius 1 is 1.35 bits per heavy atom. The molecule has 2 rings (SSSR count). The standard InChI is InChI=1S/C17H20N2O4/c18-11-13(10-15-8-5-9-22-15)17(21)23-12-16(20)19-14-6-3-1-2-4-7-14/h5,8-10,14H,1-4,6-7,12H2,(H,19,20)/b13-10+. The van der Waals surface area contributed by atoms with E-state index in [4.69, 9.17) is 14.4 Å². The van der Waals surface area contributed by atoms with Crippen LogP contribution in [0.2, 0.25) is 0 Å². The Kier molecular flexibility index (Phi) is 6.42. The van der Waals surface area contributed by atoms with Crippen molar-refractivity contribution in [2.75, 3.05) is 6.61 Å². The van der Waals surface area contributed by atoms with Crippen LogP contribution >= 0.6 is 0 Å². The highest BCUT2D eigenvalue weighted by Crippen LogP contribution is 2.17. The molecule has 1 aromatic heterocycles. The monoisotopic (exact) mass is 316 g/mol. The molecule has 1 amide bonds. The summed E-state index contributed by atoms with van der Waals surface area (Å²) < 4.78 is 9.93. The molecule has 0 aliphatic heterocycles. The van der Waals surface area contributed by atoms with Gasteiger partial charge in [-0.15, -0.1) is 0 Å². The van der Waals surface area contributed by atoms with Crippen molar-refractivity contribution in [3.05, 3.63) is 29.7 Å². The summed E-state index contributed by atoms with van der Waals surface area (Å²) in [5.41, 5.74) is -0.206. The zero-order valence-electron chi connectivity index (χ0n) is 12.9. The highest BCUT2D eigenvalue weighted by atomic mass is 16.5. The fourth-order valence-electron chi connectivity index (χ4n) is 2.55. The highest BCUT2D eigenvalue weighted by molar-refractivity contribution is 5.98. The van der Waals surface area contributed by atoms with E-state index in [0.717, 1.165) is 25.7 Å². The van der Waals surface area contributed by atoms with Gasteiger partial charge in [-0.05, 0) is 25.0 Å². The minimum atomic E-state index is -0.833. The van der Waals surface area contributed by atoms with Gasteiger partial charge in [0.05, 0.1) is 6.26 Å². The number of carbonyl (C=O) groups is 2. The van der Waals surface area contributed by atoms with E-state index in [1.807, 2.05) is 0 Å². The van der Waals surface area contributed by atoms with Crippen LogP contribution in [-0.4, -0.2) is 24.5 Å². The highest BCUT2D eigenvalue weighted by Gasteiger charge is 2.17. The number of amides is 1. The number of rotatable bonds is 5. The molecule has 6 nitrogen and oxygen atoms in total. The first kappa shape index (κ1) is 16.8. The van der Waals surface area contributed by atoms with Crippen LogP contribution in [0, 0.1) is 11.3 Å². The molecule has 0 bridgehead atoms. The molecule has 1 aliphatic carbocycles. The summed E-state index contributed by atoms with van der Waals surface area (Å²) in [7, 11) is 0. The number of nitrogens with one attached hydrogen (secondary N) is 1. The Bertz CT molecular complexity index is 591. The zero-order chi connectivity index (χ0) is 16.5. The molecule has 0 aromatic carbocycles. The summed E-state index contributed by atoms with van der Waals surface area (Å²) in [6, 6.07) is 5.16. The normalized spacial score (nSPS) is 16.2. The van der Waals surface area contributed by atoms with Crippen molar-refractivity contribution in [3.63, 3.8) is 0 Å². The van der Waals surface area contributed by atoms with Gasteiger partial charge in [-0.2, -0.15) is 5.26 Å². The van der Waals surface area contributed by atoms with E-state index in [9.17, 15) is 9.59 Å². The maximum absolute atomic E-state index is 11.8. The predicted molar refractivity (Wildman–Crippen MR) is 82.9 cm³/mol. The fraction of sp³-hybridized carbons (Fsp3) is 0.471. The molecular weight excluding hydrogens is 296 g/mol. The molecule has 1 fully saturated rings. The van der Waals surface area contributed by atoms with Gasteiger partial charge in [0.1, 0.15) is 17.4 Å². The van der Waals surface area contributed by atoms with Crippen molar-refractivity contribution in [1.29, 1.82) is 5.26 Å². The summed E-state index contributed by atoms with van der Waals surface area (Å²) >= 11 is 0. The lowest BCUT2D eigenvalue weighted by atomic mass is 10.1. The molecule has 6 heteroatoms. The minimum absolute atomic E-state index is 0.151. The molecule has 1 saturated carbocycles. The molecule has 1 aromatic rings. The number of ether oxygens (including phenoxy) is 1. The molecule has 1 N–H and O–H groups in total. The maximum atomic E-state index is 11.8. The van der Waals surface area contributed by atoms with Gasteiger partial charge in [-0.25, -0.2) is 4.79 Å². The van der Waals surface area contributed by atoms with E-state index in [1.165, 1.54) is 25.2 Å². The number of nitriles is 1. The lowest BCUT2D eigenvalue weighted by Crippen LogP contribution is -2.37. The maximum Gasteiger partial charge on any atom is 0.349 e. The van der Waals surface area contributed by atoms with E-state index < -0.39 is 5.97 Å². The van der Waals surface area contributed by atoms with Gasteiger partial charge in [0.15, 0.2) is 6.61 Å². The Labute approximate surface area is 135 Å². The average Bonchev–Trinajstić information content (AvgIpc) is 2.93. The average molecular weight is 316 g/mol. The van der Waals surface area contributed by atoms with Crippen LogP contribution in [0.25, 0.3) is 6.08 Å². The molecule has 122 valence electrons. The first-order valence-electron chi connectivity index (χ1n) is 7.81. The Morgan fingerprint density at radius 3 is 2.70 bits per heavy atom. The van der Waals surface area contributed by atoms with E-state index in [2.05, 4.69) is 5.32 Å². The number of furan rings is 1. The van der Waals surface area contributed by atoms with E-state index in [0.29, 0.717) is 5.76 Å². The molecule has 0 saturated heterocycles. The molecule has 0 radical (unpaired) electrons. The van der Waals surface area contributed by atoms with Crippen molar-refractivity contribution in [1.82, 2.24) is 5.32 Å². The topological polar surface area (TPSA) is 92.3 Å². The first-order chi connectivity index (χ1) is 11.2. The van der Waals surface area contributed by atoms with Crippen molar-refractivity contribution in [2.45, 2.75) is 44.6 Å². The van der Waals surface area contributed by atoms with Gasteiger partial charge in [0.2, 0.25) is 0 Å². The van der Waals surface area contributed by atoms with E-state index in [1.54, 1.807) is 18.2 Å². The largest absolute Gasteiger partial charge is 0.465 e. The van der Waals surface area contributed by atoms with Crippen molar-refractivity contribution < 1.29 is 18.7 Å². The van der Waals surface area contributed by atoms with E-state index in [-0.39, 0.29) is 24.1 Å². The van der Waals surface area contributed by atoms with Gasteiger partial charge >= 0.3 is 5.97 Å². The predicted octanol–water partition coefficient (Wildman–Crippen LogP) is 2.57. The van der Waals surface area contributed by atoms with Crippen LogP contribution in [0.4, 0.5) is 0 Å². The summed E-state index contributed by atoms with van der Waals surface area (Å²) in [5, 5.41) is 11.9. The van der Waals surface area contributed by atoms with Gasteiger partial charge < -0.3 is 14.5 Å². The second-order valence-corrected chi connectivity index (χ2v) is 5.52. The van der Waals surface area contributed by atoms with Crippen LogP contribution in [0.15, 0.2) is 28.4 Å². The lowest BCUT2D eigenvalue weighted by molar-refractivity contribution is -0.144. The summed E-state index contributed by atoms with van der Waals surface area (Å²) in [5.74, 6) is -0.790. The van der Waals surface area contributed by atoms with Crippen LogP contribution < -0.4 is 5.32 Å². The third-order valence-electron chi connectivity index (χ3n) is 3.72. The molecule has 23 heavy (non-hydrogen) atoms. The van der Waals surface area contributed by atoms with Crippen molar-refractivity contribution >= 4 is 18.0 Å². The molecule has 1 heterocycles. The number of hydrogen-bond donors (Lipinski definition) is 1. The lowest BCUT2D eigenvalue weighted by Gasteiger charge is -2.15. The van der Waals surface area contributed by atoms with Crippen LogP contribution in [0.5, 0.6) is 0 Å². The molecule has 0 atom stereocenters. The molecule has 0 unspecified atom stereocenters. The third kappa shape index (κ3) is 5.62. The number of carbonyl (C=O) groups excluding carboxylic acids is 2. The summed E-state index contributed by atoms with van der Waals surface area (Å²) in [6.45, 7) is -0.382. The van der Waals surface area contributed by atoms with Gasteiger partial charge in [-0.3, -0.25) is 4.79 Å². The minimum Gasteiger partial charge on any atom is -0.465 e.